The van der Waals surface area contributed by atoms with E-state index in [-0.39, 0.29) is 5.91 Å². The predicted octanol–water partition coefficient (Wildman–Crippen LogP) is 5.51. The summed E-state index contributed by atoms with van der Waals surface area (Å²) in [7, 11) is 4.55. The molecule has 6 nitrogen and oxygen atoms in total. The normalized spacial score (nSPS) is 12.5. The summed E-state index contributed by atoms with van der Waals surface area (Å²) in [4.78, 5) is 17.7. The quantitative estimate of drug-likeness (QED) is 0.547. The number of allylic oxidation sites excluding steroid dienone is 1. The first kappa shape index (κ1) is 22.1. The number of hydrogen-bond acceptors (Lipinski definition) is 5. The molecule has 0 saturated carbocycles. The van der Waals surface area contributed by atoms with Crippen LogP contribution in [0, 0.1) is 6.92 Å². The van der Waals surface area contributed by atoms with E-state index in [0.717, 1.165) is 29.0 Å². The number of carbonyl (C=O) groups is 1. The lowest BCUT2D eigenvalue weighted by atomic mass is 9.92. The Morgan fingerprint density at radius 3 is 2.21 bits per heavy atom. The number of benzene rings is 3. The van der Waals surface area contributed by atoms with Crippen molar-refractivity contribution in [3.63, 3.8) is 0 Å². The highest BCUT2D eigenvalue weighted by atomic mass is 16.5. The zero-order valence-corrected chi connectivity index (χ0v) is 19.2. The average Bonchev–Trinajstić information content (AvgIpc) is 2.83. The van der Waals surface area contributed by atoms with Gasteiger partial charge in [-0.1, -0.05) is 30.8 Å². The van der Waals surface area contributed by atoms with E-state index in [1.165, 1.54) is 32.5 Å². The van der Waals surface area contributed by atoms with Crippen molar-refractivity contribution in [3.8, 4) is 17.2 Å². The van der Waals surface area contributed by atoms with Gasteiger partial charge in [-0.15, -0.1) is 0 Å². The van der Waals surface area contributed by atoms with Crippen LogP contribution in [0.2, 0.25) is 0 Å². The zero-order valence-electron chi connectivity index (χ0n) is 19.2. The third-order valence-electron chi connectivity index (χ3n) is 5.55. The molecule has 0 bridgehead atoms. The minimum absolute atomic E-state index is 0.286. The van der Waals surface area contributed by atoms with Gasteiger partial charge in [0.2, 0.25) is 5.75 Å². The molecular weight excluding hydrogens is 416 g/mol. The molecule has 0 radical (unpaired) electrons. The lowest BCUT2D eigenvalue weighted by Gasteiger charge is -2.19. The first-order valence-corrected chi connectivity index (χ1v) is 10.5. The molecule has 1 aliphatic rings. The Balaban J connectivity index is 1.56. The summed E-state index contributed by atoms with van der Waals surface area (Å²) < 4.78 is 16.0. The van der Waals surface area contributed by atoms with Crippen LogP contribution in [0.4, 0.5) is 11.4 Å². The molecule has 1 aliphatic heterocycles. The van der Waals surface area contributed by atoms with E-state index in [1.54, 1.807) is 12.1 Å². The van der Waals surface area contributed by atoms with Gasteiger partial charge in [-0.25, -0.2) is 4.99 Å². The molecule has 4 rings (SSSR count). The van der Waals surface area contributed by atoms with Crippen LogP contribution in [0.3, 0.4) is 0 Å². The van der Waals surface area contributed by atoms with Crippen LogP contribution >= 0.6 is 0 Å². The minimum Gasteiger partial charge on any atom is -0.493 e. The summed E-state index contributed by atoms with van der Waals surface area (Å²) in [5.74, 6) is 0.986. The summed E-state index contributed by atoms with van der Waals surface area (Å²) in [6, 6.07) is 17.1. The van der Waals surface area contributed by atoms with Gasteiger partial charge < -0.3 is 19.5 Å². The molecule has 33 heavy (non-hydrogen) atoms. The SMILES string of the molecule is C=C1Cc2ccc(C)cc2N=C1c1ccc(NC(=O)c2cc(OC)c(OC)c(OC)c2)cc1. The number of anilines is 1. The molecule has 6 heteroatoms. The molecule has 168 valence electrons. The molecule has 0 spiro atoms. The fourth-order valence-corrected chi connectivity index (χ4v) is 3.84. The number of nitrogens with one attached hydrogen (secondary N) is 1. The second-order valence-corrected chi connectivity index (χ2v) is 7.82. The summed E-state index contributed by atoms with van der Waals surface area (Å²) in [6.07, 6.45) is 0.772. The Bertz CT molecular complexity index is 1230. The molecule has 0 fully saturated rings. The number of carbonyl (C=O) groups excluding carboxylic acids is 1. The van der Waals surface area contributed by atoms with Crippen LogP contribution in [0.5, 0.6) is 17.2 Å². The molecule has 3 aromatic rings. The summed E-state index contributed by atoms with van der Waals surface area (Å²) in [5, 5.41) is 2.91. The van der Waals surface area contributed by atoms with E-state index < -0.39 is 0 Å². The van der Waals surface area contributed by atoms with Crippen molar-refractivity contribution in [1.82, 2.24) is 0 Å². The Kier molecular flexibility index (Phi) is 6.18. The highest BCUT2D eigenvalue weighted by molar-refractivity contribution is 6.15. The van der Waals surface area contributed by atoms with Gasteiger partial charge in [0, 0.05) is 23.2 Å². The fraction of sp³-hybridized carbons (Fsp3) is 0.185. The third kappa shape index (κ3) is 4.46. The second-order valence-electron chi connectivity index (χ2n) is 7.82. The molecule has 0 atom stereocenters. The van der Waals surface area contributed by atoms with Crippen LogP contribution in [-0.2, 0) is 6.42 Å². The van der Waals surface area contributed by atoms with Gasteiger partial charge in [0.05, 0.1) is 32.7 Å². The van der Waals surface area contributed by atoms with Gasteiger partial charge in [-0.05, 0) is 54.0 Å². The van der Waals surface area contributed by atoms with E-state index in [1.807, 2.05) is 24.3 Å². The lowest BCUT2D eigenvalue weighted by molar-refractivity contribution is 0.102. The maximum absolute atomic E-state index is 12.9. The first-order chi connectivity index (χ1) is 15.9. The van der Waals surface area contributed by atoms with Crippen LogP contribution in [0.1, 0.15) is 27.0 Å². The van der Waals surface area contributed by atoms with Crippen LogP contribution in [0.15, 0.2) is 71.7 Å². The van der Waals surface area contributed by atoms with E-state index in [4.69, 9.17) is 19.2 Å². The van der Waals surface area contributed by atoms with Crippen molar-refractivity contribution in [2.75, 3.05) is 26.6 Å². The van der Waals surface area contributed by atoms with Gasteiger partial charge in [0.15, 0.2) is 11.5 Å². The Morgan fingerprint density at radius 1 is 0.939 bits per heavy atom. The van der Waals surface area contributed by atoms with E-state index in [2.05, 4.69) is 37.0 Å². The smallest absolute Gasteiger partial charge is 0.255 e. The number of aliphatic imine (C=N–C) groups is 1. The maximum Gasteiger partial charge on any atom is 0.255 e. The molecule has 0 saturated heterocycles. The summed E-state index contributed by atoms with van der Waals surface area (Å²) >= 11 is 0. The maximum atomic E-state index is 12.9. The molecule has 0 aromatic heterocycles. The van der Waals surface area contributed by atoms with Crippen molar-refractivity contribution in [2.24, 2.45) is 4.99 Å². The standard InChI is InChI=1S/C27H26N2O4/c1-16-6-7-19-13-17(2)25(29-22(19)12-16)18-8-10-21(11-9-18)28-27(30)20-14-23(31-3)26(33-5)24(15-20)32-4/h6-12,14-15H,2,13H2,1,3-5H3,(H,28,30). The Labute approximate surface area is 193 Å². The number of hydrogen-bond donors (Lipinski definition) is 1. The highest BCUT2D eigenvalue weighted by Gasteiger charge is 2.19. The number of fused-ring (bicyclic) bond motifs is 1. The van der Waals surface area contributed by atoms with E-state index in [0.29, 0.717) is 28.5 Å². The lowest BCUT2D eigenvalue weighted by Crippen LogP contribution is -2.14. The van der Waals surface area contributed by atoms with E-state index in [9.17, 15) is 4.79 Å². The minimum atomic E-state index is -0.286. The number of aryl methyl sites for hydroxylation is 1. The van der Waals surface area contributed by atoms with Crippen molar-refractivity contribution in [2.45, 2.75) is 13.3 Å². The third-order valence-corrected chi connectivity index (χ3v) is 5.55. The number of methoxy groups -OCH3 is 3. The Morgan fingerprint density at radius 2 is 1.61 bits per heavy atom. The molecule has 0 unspecified atom stereocenters. The van der Waals surface area contributed by atoms with Crippen molar-refractivity contribution < 1.29 is 19.0 Å². The van der Waals surface area contributed by atoms with Crippen LogP contribution in [0.25, 0.3) is 0 Å². The van der Waals surface area contributed by atoms with Gasteiger partial charge in [-0.2, -0.15) is 0 Å². The Hall–Kier alpha value is -4.06. The molecule has 1 N–H and O–H groups in total. The number of amides is 1. The monoisotopic (exact) mass is 442 g/mol. The van der Waals surface area contributed by atoms with Crippen LogP contribution in [-0.4, -0.2) is 32.9 Å². The van der Waals surface area contributed by atoms with Crippen molar-refractivity contribution in [3.05, 3.63) is 89.0 Å². The van der Waals surface area contributed by atoms with Crippen molar-refractivity contribution in [1.29, 1.82) is 0 Å². The molecule has 1 amide bonds. The van der Waals surface area contributed by atoms with Gasteiger partial charge in [0.25, 0.3) is 5.91 Å². The molecule has 0 aliphatic carbocycles. The van der Waals surface area contributed by atoms with Crippen LogP contribution < -0.4 is 19.5 Å². The molecule has 3 aromatic carbocycles. The zero-order chi connectivity index (χ0) is 23.5. The van der Waals surface area contributed by atoms with Gasteiger partial charge >= 0.3 is 0 Å². The second kappa shape index (κ2) is 9.20. The van der Waals surface area contributed by atoms with Gasteiger partial charge in [-0.3, -0.25) is 4.79 Å². The summed E-state index contributed by atoms with van der Waals surface area (Å²) in [6.45, 7) is 6.28. The molecule has 1 heterocycles. The number of rotatable bonds is 6. The largest absolute Gasteiger partial charge is 0.493 e. The topological polar surface area (TPSA) is 69.2 Å². The number of nitrogens with zero attached hydrogens (tertiary/aromatic N) is 1. The highest BCUT2D eigenvalue weighted by Crippen LogP contribution is 2.38. The predicted molar refractivity (Wildman–Crippen MR) is 131 cm³/mol. The summed E-state index contributed by atoms with van der Waals surface area (Å²) in [5.41, 5.74) is 7.20. The van der Waals surface area contributed by atoms with Gasteiger partial charge in [0.1, 0.15) is 0 Å². The van der Waals surface area contributed by atoms with E-state index >= 15 is 0 Å². The average molecular weight is 443 g/mol. The first-order valence-electron chi connectivity index (χ1n) is 10.5. The van der Waals surface area contributed by atoms with Crippen molar-refractivity contribution >= 4 is 23.0 Å². The number of ether oxygens (including phenoxy) is 3. The fourth-order valence-electron chi connectivity index (χ4n) is 3.84. The molecular formula is C27H26N2O4.